The van der Waals surface area contributed by atoms with Crippen LogP contribution in [-0.4, -0.2) is 17.3 Å². The lowest BCUT2D eigenvalue weighted by molar-refractivity contribution is -0.0244. The van der Waals surface area contributed by atoms with Crippen molar-refractivity contribution in [3.05, 3.63) is 0 Å². The maximum Gasteiger partial charge on any atom is 0.101 e. The smallest absolute Gasteiger partial charge is 0.101 e. The molecule has 2 N–H and O–H groups in total. The van der Waals surface area contributed by atoms with Crippen molar-refractivity contribution in [1.82, 2.24) is 0 Å². The highest BCUT2D eigenvalue weighted by molar-refractivity contribution is 5.86. The Labute approximate surface area is 78.6 Å². The van der Waals surface area contributed by atoms with E-state index < -0.39 is 0 Å². The summed E-state index contributed by atoms with van der Waals surface area (Å²) in [5.74, 6) is 2.59. The number of rotatable bonds is 0. The first-order chi connectivity index (χ1) is 6.20. The van der Waals surface area contributed by atoms with Gasteiger partial charge in [0, 0.05) is 11.8 Å². The van der Waals surface area contributed by atoms with Crippen LogP contribution in [0.2, 0.25) is 0 Å². The second kappa shape index (κ2) is 1.72. The molecule has 0 amide bonds. The normalized spacial score (nSPS) is 66.4. The van der Waals surface area contributed by atoms with Gasteiger partial charge in [-0.1, -0.05) is 0 Å². The Morgan fingerprint density at radius 3 is 2.23 bits per heavy atom. The molecule has 4 aliphatic carbocycles. The zero-order valence-corrected chi connectivity index (χ0v) is 7.87. The van der Waals surface area contributed by atoms with Gasteiger partial charge in [0.2, 0.25) is 0 Å². The van der Waals surface area contributed by atoms with Gasteiger partial charge in [-0.05, 0) is 49.9 Å². The highest BCUT2D eigenvalue weighted by Gasteiger charge is 2.64. The van der Waals surface area contributed by atoms with Crippen LogP contribution in [0.15, 0.2) is 4.99 Å². The highest BCUT2D eigenvalue weighted by atomic mass is 15.1. The summed E-state index contributed by atoms with van der Waals surface area (Å²) in [6.07, 6.45) is 8.85. The average Bonchev–Trinajstić information content (AvgIpc) is 2.77. The van der Waals surface area contributed by atoms with Gasteiger partial charge in [-0.3, -0.25) is 4.99 Å². The first-order valence-electron chi connectivity index (χ1n) is 5.55. The van der Waals surface area contributed by atoms with E-state index in [9.17, 15) is 0 Å². The van der Waals surface area contributed by atoms with Gasteiger partial charge in [0.25, 0.3) is 0 Å². The monoisotopic (exact) mass is 176 g/mol. The lowest BCUT2D eigenvalue weighted by Gasteiger charge is -2.58. The minimum absolute atomic E-state index is 0.216. The molecule has 1 spiro atoms. The Morgan fingerprint density at radius 1 is 1.15 bits per heavy atom. The maximum absolute atomic E-state index is 6.41. The minimum Gasteiger partial charge on any atom is -0.325 e. The molecule has 13 heavy (non-hydrogen) atoms. The van der Waals surface area contributed by atoms with Crippen molar-refractivity contribution in [2.45, 2.75) is 43.2 Å². The summed E-state index contributed by atoms with van der Waals surface area (Å²) in [4.78, 5) is 4.58. The predicted octanol–water partition coefficient (Wildman–Crippen LogP) is 1.35. The Balaban J connectivity index is 1.79. The third-order valence-electron chi connectivity index (χ3n) is 4.97. The van der Waals surface area contributed by atoms with Crippen LogP contribution in [0.25, 0.3) is 0 Å². The van der Waals surface area contributed by atoms with Crippen molar-refractivity contribution in [1.29, 1.82) is 0 Å². The van der Waals surface area contributed by atoms with Crippen LogP contribution in [-0.2, 0) is 0 Å². The molecule has 0 aromatic rings. The second-order valence-corrected chi connectivity index (χ2v) is 5.85. The molecule has 5 rings (SSSR count). The van der Waals surface area contributed by atoms with Gasteiger partial charge in [0.15, 0.2) is 0 Å². The van der Waals surface area contributed by atoms with E-state index in [2.05, 4.69) is 11.2 Å². The number of hydrogen-bond donors (Lipinski definition) is 1. The van der Waals surface area contributed by atoms with Crippen LogP contribution in [0.1, 0.15) is 32.1 Å². The fraction of sp³-hybridized carbons (Fsp3) is 0.909. The molecular formula is C11H16N2. The number of nitrogens with two attached hydrogens (primary N) is 1. The van der Waals surface area contributed by atoms with Gasteiger partial charge >= 0.3 is 0 Å². The number of aliphatic imine (C=N–C) groups is 1. The summed E-state index contributed by atoms with van der Waals surface area (Å²) in [6, 6.07) is 0. The molecule has 1 heterocycles. The first-order valence-corrected chi connectivity index (χ1v) is 5.55. The van der Waals surface area contributed by atoms with Crippen molar-refractivity contribution in [2.75, 3.05) is 0 Å². The molecule has 4 fully saturated rings. The summed E-state index contributed by atoms with van der Waals surface area (Å²) in [5, 5.41) is 0. The van der Waals surface area contributed by atoms with Gasteiger partial charge in [-0.2, -0.15) is 0 Å². The predicted molar refractivity (Wildman–Crippen MR) is 51.7 cm³/mol. The summed E-state index contributed by atoms with van der Waals surface area (Å²) in [7, 11) is 0. The van der Waals surface area contributed by atoms with E-state index in [1.807, 2.05) is 0 Å². The minimum atomic E-state index is 0.216. The molecule has 4 saturated carbocycles. The van der Waals surface area contributed by atoms with Crippen molar-refractivity contribution >= 4 is 6.21 Å². The summed E-state index contributed by atoms with van der Waals surface area (Å²) in [5.41, 5.74) is 6.98. The molecule has 0 saturated heterocycles. The third-order valence-corrected chi connectivity index (χ3v) is 4.97. The third kappa shape index (κ3) is 0.687. The molecular weight excluding hydrogens is 160 g/mol. The van der Waals surface area contributed by atoms with Gasteiger partial charge in [0.05, 0.1) is 0 Å². The molecule has 4 bridgehead atoms. The maximum atomic E-state index is 6.41. The zero-order valence-electron chi connectivity index (χ0n) is 7.87. The number of hydrogen-bond acceptors (Lipinski definition) is 2. The molecule has 2 heteroatoms. The van der Waals surface area contributed by atoms with E-state index in [-0.39, 0.29) is 5.54 Å². The first kappa shape index (κ1) is 6.99. The Hall–Kier alpha value is -0.370. The molecule has 0 aromatic heterocycles. The molecule has 70 valence electrons. The summed E-state index contributed by atoms with van der Waals surface area (Å²) >= 11 is 0. The van der Waals surface area contributed by atoms with Crippen LogP contribution in [0.4, 0.5) is 0 Å². The molecule has 0 aromatic carbocycles. The zero-order chi connectivity index (χ0) is 8.68. The van der Waals surface area contributed by atoms with E-state index in [1.165, 1.54) is 32.1 Å². The fourth-order valence-corrected chi connectivity index (χ4v) is 4.57. The van der Waals surface area contributed by atoms with Gasteiger partial charge in [-0.15, -0.1) is 0 Å². The Kier molecular flexibility index (Phi) is 0.926. The molecule has 0 radical (unpaired) electrons. The van der Waals surface area contributed by atoms with E-state index in [0.717, 1.165) is 17.8 Å². The van der Waals surface area contributed by atoms with E-state index in [1.54, 1.807) is 0 Å². The summed E-state index contributed by atoms with van der Waals surface area (Å²) in [6.45, 7) is 0. The van der Waals surface area contributed by atoms with Crippen LogP contribution >= 0.6 is 0 Å². The topological polar surface area (TPSA) is 38.4 Å². The highest BCUT2D eigenvalue weighted by Crippen LogP contribution is 2.62. The molecule has 1 aliphatic heterocycles. The van der Waals surface area contributed by atoms with Crippen LogP contribution in [0, 0.1) is 17.8 Å². The average molecular weight is 176 g/mol. The van der Waals surface area contributed by atoms with Gasteiger partial charge < -0.3 is 5.73 Å². The van der Waals surface area contributed by atoms with E-state index >= 15 is 0 Å². The van der Waals surface area contributed by atoms with E-state index in [4.69, 9.17) is 5.73 Å². The van der Waals surface area contributed by atoms with Crippen molar-refractivity contribution < 1.29 is 0 Å². The standard InChI is InChI=1S/C11H16N2/c12-10-3-7-1-8(4-10)11(6-13-11)9(2-7)5-10/h6-9H,1-5,12H2/t7?,8-,9+,10?,11?. The van der Waals surface area contributed by atoms with Crippen LogP contribution in [0.5, 0.6) is 0 Å². The Bertz CT molecular complexity index is 283. The van der Waals surface area contributed by atoms with Crippen LogP contribution < -0.4 is 5.73 Å². The summed E-state index contributed by atoms with van der Waals surface area (Å²) < 4.78 is 0. The Morgan fingerprint density at radius 2 is 1.77 bits per heavy atom. The molecule has 5 aliphatic rings. The quantitative estimate of drug-likeness (QED) is 0.594. The van der Waals surface area contributed by atoms with Crippen molar-refractivity contribution in [3.63, 3.8) is 0 Å². The second-order valence-electron chi connectivity index (χ2n) is 5.85. The number of nitrogens with zero attached hydrogens (tertiary/aromatic N) is 1. The fourth-order valence-electron chi connectivity index (χ4n) is 4.57. The van der Waals surface area contributed by atoms with Gasteiger partial charge in [0.1, 0.15) is 5.54 Å². The molecule has 2 nitrogen and oxygen atoms in total. The van der Waals surface area contributed by atoms with Crippen molar-refractivity contribution in [3.8, 4) is 0 Å². The largest absolute Gasteiger partial charge is 0.325 e. The van der Waals surface area contributed by atoms with Crippen LogP contribution in [0.3, 0.4) is 0 Å². The van der Waals surface area contributed by atoms with Gasteiger partial charge in [-0.25, -0.2) is 0 Å². The lowest BCUT2D eigenvalue weighted by Crippen LogP contribution is -2.62. The molecule has 3 unspecified atom stereocenters. The SMILES string of the molecule is NC12CC3C[C@H](C1)C1(C=N1)[C@@H](C3)C2. The lowest BCUT2D eigenvalue weighted by atomic mass is 9.48. The van der Waals surface area contributed by atoms with E-state index in [0.29, 0.717) is 5.54 Å². The van der Waals surface area contributed by atoms with Crippen molar-refractivity contribution in [2.24, 2.45) is 28.5 Å². The molecule has 5 atom stereocenters.